The quantitative estimate of drug-likeness (QED) is 0.716. The van der Waals surface area contributed by atoms with Crippen LogP contribution in [0.5, 0.6) is 0 Å². The molecule has 0 spiro atoms. The normalized spacial score (nSPS) is 9.31. The summed E-state index contributed by atoms with van der Waals surface area (Å²) in [5.74, 6) is 0. The van der Waals surface area contributed by atoms with Crippen molar-refractivity contribution in [2.45, 2.75) is 6.92 Å². The van der Waals surface area contributed by atoms with Gasteiger partial charge in [0.25, 0.3) is 0 Å². The van der Waals surface area contributed by atoms with Crippen molar-refractivity contribution in [2.75, 3.05) is 11.9 Å². The summed E-state index contributed by atoms with van der Waals surface area (Å²) >= 11 is 1.21. The number of urea groups is 1. The Morgan fingerprint density at radius 3 is 3.08 bits per heavy atom. The van der Waals surface area contributed by atoms with Crippen LogP contribution in [0.2, 0.25) is 0 Å². The van der Waals surface area contributed by atoms with E-state index >= 15 is 0 Å². The molecule has 70 valence electrons. The summed E-state index contributed by atoms with van der Waals surface area (Å²) in [5, 5.41) is 7.05. The molecule has 0 fully saturated rings. The first kappa shape index (κ1) is 9.66. The molecule has 13 heavy (non-hydrogen) atoms. The van der Waals surface area contributed by atoms with Crippen molar-refractivity contribution in [1.29, 1.82) is 0 Å². The molecule has 0 atom stereocenters. The number of anilines is 1. The molecule has 0 aliphatic carbocycles. The molecule has 2 N–H and O–H groups in total. The van der Waals surface area contributed by atoms with Gasteiger partial charge in [0.2, 0.25) is 0 Å². The Hall–Kier alpha value is -1.43. The molecule has 2 amide bonds. The summed E-state index contributed by atoms with van der Waals surface area (Å²) in [7, 11) is 0. The first-order valence-corrected chi connectivity index (χ1v) is 4.59. The van der Waals surface area contributed by atoms with Gasteiger partial charge in [0, 0.05) is 11.9 Å². The molecular formula is C7H9N3O2S. The number of carbonyl (C=O) groups excluding carboxylic acids is 2. The molecule has 6 heteroatoms. The van der Waals surface area contributed by atoms with Crippen LogP contribution < -0.4 is 10.6 Å². The van der Waals surface area contributed by atoms with E-state index < -0.39 is 0 Å². The maximum Gasteiger partial charge on any atom is 0.321 e. The third-order valence-electron chi connectivity index (χ3n) is 1.20. The highest BCUT2D eigenvalue weighted by atomic mass is 32.1. The zero-order chi connectivity index (χ0) is 9.68. The third-order valence-corrected chi connectivity index (χ3v) is 1.98. The summed E-state index contributed by atoms with van der Waals surface area (Å²) in [6, 6.07) is -0.311. The van der Waals surface area contributed by atoms with Crippen molar-refractivity contribution in [1.82, 2.24) is 10.3 Å². The molecule has 1 rings (SSSR count). The molecule has 1 aromatic rings. The average Bonchev–Trinajstić information content (AvgIpc) is 2.52. The Kier molecular flexibility index (Phi) is 3.39. The monoisotopic (exact) mass is 199 g/mol. The molecule has 0 bridgehead atoms. The maximum atomic E-state index is 11.0. The molecule has 0 radical (unpaired) electrons. The van der Waals surface area contributed by atoms with Gasteiger partial charge in [-0.15, -0.1) is 11.3 Å². The summed E-state index contributed by atoms with van der Waals surface area (Å²) in [6.07, 6.45) is 0.638. The predicted octanol–water partition coefficient (Wildman–Crippen LogP) is 1.10. The standard InChI is InChI=1S/C7H9N3O2S/c1-2-8-6(12)10-7-9-5(3-11)4-13-7/h3-4H,2H2,1H3,(H2,8,9,10,12). The van der Waals surface area contributed by atoms with Crippen LogP contribution in [0.25, 0.3) is 0 Å². The van der Waals surface area contributed by atoms with Crippen LogP contribution in [0.3, 0.4) is 0 Å². The predicted molar refractivity (Wildman–Crippen MR) is 50.2 cm³/mol. The minimum absolute atomic E-state index is 0.311. The number of hydrogen-bond donors (Lipinski definition) is 2. The number of hydrogen-bond acceptors (Lipinski definition) is 4. The van der Waals surface area contributed by atoms with Crippen LogP contribution in [0.1, 0.15) is 17.4 Å². The van der Waals surface area contributed by atoms with Crippen LogP contribution in [0, 0.1) is 0 Å². The lowest BCUT2D eigenvalue weighted by Gasteiger charge is -2.00. The van der Waals surface area contributed by atoms with Crippen molar-refractivity contribution < 1.29 is 9.59 Å². The molecular weight excluding hydrogens is 190 g/mol. The lowest BCUT2D eigenvalue weighted by Crippen LogP contribution is -2.28. The van der Waals surface area contributed by atoms with Crippen molar-refractivity contribution in [3.63, 3.8) is 0 Å². The molecule has 0 aliphatic rings. The number of aldehydes is 1. The van der Waals surface area contributed by atoms with Crippen LogP contribution in [-0.2, 0) is 0 Å². The molecule has 1 heterocycles. The van der Waals surface area contributed by atoms with Crippen molar-refractivity contribution >= 4 is 28.8 Å². The Balaban J connectivity index is 2.53. The number of aromatic nitrogens is 1. The lowest BCUT2D eigenvalue weighted by atomic mass is 10.6. The van der Waals surface area contributed by atoms with E-state index in [0.717, 1.165) is 0 Å². The van der Waals surface area contributed by atoms with Gasteiger partial charge in [-0.1, -0.05) is 0 Å². The number of carbonyl (C=O) groups is 2. The molecule has 0 aromatic carbocycles. The van der Waals surface area contributed by atoms with Gasteiger partial charge in [-0.2, -0.15) is 0 Å². The van der Waals surface area contributed by atoms with E-state index in [1.54, 1.807) is 5.38 Å². The Morgan fingerprint density at radius 2 is 2.54 bits per heavy atom. The minimum atomic E-state index is -0.311. The fourth-order valence-electron chi connectivity index (χ4n) is 0.700. The van der Waals surface area contributed by atoms with E-state index in [-0.39, 0.29) is 6.03 Å². The first-order valence-electron chi connectivity index (χ1n) is 3.71. The highest BCUT2D eigenvalue weighted by molar-refractivity contribution is 7.14. The van der Waals surface area contributed by atoms with Gasteiger partial charge in [0.1, 0.15) is 5.69 Å². The van der Waals surface area contributed by atoms with Crippen LogP contribution in [0.4, 0.5) is 9.93 Å². The Labute approximate surface area is 79.2 Å². The number of thiazole rings is 1. The highest BCUT2D eigenvalue weighted by Gasteiger charge is 2.03. The Bertz CT molecular complexity index is 310. The zero-order valence-electron chi connectivity index (χ0n) is 7.03. The topological polar surface area (TPSA) is 71.1 Å². The molecule has 1 aromatic heterocycles. The van der Waals surface area contributed by atoms with Gasteiger partial charge in [-0.3, -0.25) is 10.1 Å². The molecule has 0 aliphatic heterocycles. The fourth-order valence-corrected chi connectivity index (χ4v) is 1.35. The molecule has 0 unspecified atom stereocenters. The lowest BCUT2D eigenvalue weighted by molar-refractivity contribution is 0.111. The minimum Gasteiger partial charge on any atom is -0.338 e. The second-order valence-electron chi connectivity index (χ2n) is 2.18. The second kappa shape index (κ2) is 4.56. The SMILES string of the molecule is CCNC(=O)Nc1nc(C=O)cs1. The molecule has 5 nitrogen and oxygen atoms in total. The van der Waals surface area contributed by atoms with Gasteiger partial charge >= 0.3 is 6.03 Å². The van der Waals surface area contributed by atoms with Gasteiger partial charge in [-0.25, -0.2) is 9.78 Å². The van der Waals surface area contributed by atoms with Crippen molar-refractivity contribution in [3.05, 3.63) is 11.1 Å². The summed E-state index contributed by atoms with van der Waals surface area (Å²) in [4.78, 5) is 25.0. The zero-order valence-corrected chi connectivity index (χ0v) is 7.85. The van der Waals surface area contributed by atoms with E-state index in [9.17, 15) is 9.59 Å². The van der Waals surface area contributed by atoms with E-state index in [4.69, 9.17) is 0 Å². The first-order chi connectivity index (χ1) is 6.26. The van der Waals surface area contributed by atoms with E-state index in [0.29, 0.717) is 23.7 Å². The fraction of sp³-hybridized carbons (Fsp3) is 0.286. The number of rotatable bonds is 3. The van der Waals surface area contributed by atoms with Gasteiger partial charge < -0.3 is 5.32 Å². The summed E-state index contributed by atoms with van der Waals surface area (Å²) < 4.78 is 0. The summed E-state index contributed by atoms with van der Waals surface area (Å²) in [6.45, 7) is 2.37. The maximum absolute atomic E-state index is 11.0. The summed E-state index contributed by atoms with van der Waals surface area (Å²) in [5.41, 5.74) is 0.330. The van der Waals surface area contributed by atoms with Crippen LogP contribution in [-0.4, -0.2) is 23.8 Å². The van der Waals surface area contributed by atoms with E-state index in [1.165, 1.54) is 11.3 Å². The van der Waals surface area contributed by atoms with Crippen molar-refractivity contribution in [3.8, 4) is 0 Å². The number of amides is 2. The van der Waals surface area contributed by atoms with E-state index in [2.05, 4.69) is 15.6 Å². The van der Waals surface area contributed by atoms with Crippen LogP contribution in [0.15, 0.2) is 5.38 Å². The number of nitrogens with one attached hydrogen (secondary N) is 2. The smallest absolute Gasteiger partial charge is 0.321 e. The Morgan fingerprint density at radius 1 is 1.77 bits per heavy atom. The van der Waals surface area contributed by atoms with Crippen molar-refractivity contribution in [2.24, 2.45) is 0 Å². The molecule has 0 saturated heterocycles. The van der Waals surface area contributed by atoms with E-state index in [1.807, 2.05) is 6.92 Å². The van der Waals surface area contributed by atoms with Gasteiger partial charge in [0.05, 0.1) is 0 Å². The van der Waals surface area contributed by atoms with Gasteiger partial charge in [0.15, 0.2) is 11.4 Å². The highest BCUT2D eigenvalue weighted by Crippen LogP contribution is 2.13. The largest absolute Gasteiger partial charge is 0.338 e. The number of nitrogens with zero attached hydrogens (tertiary/aromatic N) is 1. The third kappa shape index (κ3) is 2.83. The molecule has 0 saturated carbocycles. The second-order valence-corrected chi connectivity index (χ2v) is 3.04. The average molecular weight is 199 g/mol. The van der Waals surface area contributed by atoms with Gasteiger partial charge in [-0.05, 0) is 6.92 Å². The van der Waals surface area contributed by atoms with Crippen LogP contribution >= 0.6 is 11.3 Å².